The minimum atomic E-state index is -0.314. The zero-order valence-electron chi connectivity index (χ0n) is 13.6. The maximum atomic E-state index is 10.1. The van der Waals surface area contributed by atoms with E-state index in [1.807, 2.05) is 18.5 Å². The fourth-order valence-electron chi connectivity index (χ4n) is 3.11. The standard InChI is InChI=1S/C18H26N4O/c23-17(15-21-9-4-5-10-21)12-19-13-18-20-8-11-22(18)14-16-6-2-1-3-7-16/h1-3,6-8,11,17,19,23H,4-5,9-10,12-15H2. The van der Waals surface area contributed by atoms with Crippen LogP contribution in [-0.4, -0.2) is 51.8 Å². The molecule has 2 N–H and O–H groups in total. The number of aliphatic hydroxyl groups is 1. The van der Waals surface area contributed by atoms with Gasteiger partial charge in [-0.05, 0) is 31.5 Å². The van der Waals surface area contributed by atoms with E-state index in [0.717, 1.165) is 32.0 Å². The number of benzene rings is 1. The Labute approximate surface area is 138 Å². The third-order valence-corrected chi connectivity index (χ3v) is 4.33. The van der Waals surface area contributed by atoms with Crippen LogP contribution in [0.15, 0.2) is 42.7 Å². The zero-order valence-corrected chi connectivity index (χ0v) is 13.6. The van der Waals surface area contributed by atoms with Crippen LogP contribution in [0.25, 0.3) is 0 Å². The molecular weight excluding hydrogens is 288 g/mol. The summed E-state index contributed by atoms with van der Waals surface area (Å²) in [5.41, 5.74) is 1.26. The summed E-state index contributed by atoms with van der Waals surface area (Å²) in [4.78, 5) is 6.76. The van der Waals surface area contributed by atoms with Gasteiger partial charge in [0.1, 0.15) is 5.82 Å². The molecule has 0 spiro atoms. The van der Waals surface area contributed by atoms with Crippen molar-refractivity contribution < 1.29 is 5.11 Å². The van der Waals surface area contributed by atoms with Crippen molar-refractivity contribution in [3.8, 4) is 0 Å². The second-order valence-corrected chi connectivity index (χ2v) is 6.25. The van der Waals surface area contributed by atoms with Crippen molar-refractivity contribution in [2.45, 2.75) is 32.0 Å². The molecule has 1 saturated heterocycles. The van der Waals surface area contributed by atoms with Gasteiger partial charge in [-0.15, -0.1) is 0 Å². The van der Waals surface area contributed by atoms with E-state index in [-0.39, 0.29) is 6.10 Å². The van der Waals surface area contributed by atoms with Crippen molar-refractivity contribution in [3.63, 3.8) is 0 Å². The number of imidazole rings is 1. The zero-order chi connectivity index (χ0) is 15.9. The lowest BCUT2D eigenvalue weighted by molar-refractivity contribution is 0.123. The molecular formula is C18H26N4O. The Balaban J connectivity index is 1.44. The van der Waals surface area contributed by atoms with Crippen LogP contribution in [0.4, 0.5) is 0 Å². The van der Waals surface area contributed by atoms with Gasteiger partial charge in [0.25, 0.3) is 0 Å². The van der Waals surface area contributed by atoms with Crippen molar-refractivity contribution in [2.75, 3.05) is 26.2 Å². The Kier molecular flexibility index (Phi) is 5.80. The SMILES string of the molecule is OC(CNCc1nccn1Cc1ccccc1)CN1CCCC1. The van der Waals surface area contributed by atoms with Crippen LogP contribution in [0.3, 0.4) is 0 Å². The summed E-state index contributed by atoms with van der Waals surface area (Å²) < 4.78 is 2.15. The lowest BCUT2D eigenvalue weighted by Crippen LogP contribution is -2.37. The molecule has 1 fully saturated rings. The number of β-amino-alcohol motifs (C(OH)–C–C–N with tert-alkyl or cyclic N) is 1. The van der Waals surface area contributed by atoms with E-state index in [0.29, 0.717) is 13.1 Å². The summed E-state index contributed by atoms with van der Waals surface area (Å²) in [6.45, 7) is 5.13. The van der Waals surface area contributed by atoms with Gasteiger partial charge in [-0.2, -0.15) is 0 Å². The van der Waals surface area contributed by atoms with E-state index in [4.69, 9.17) is 0 Å². The van der Waals surface area contributed by atoms with Gasteiger partial charge in [0.2, 0.25) is 0 Å². The van der Waals surface area contributed by atoms with Crippen LogP contribution < -0.4 is 5.32 Å². The Morgan fingerprint density at radius 2 is 1.96 bits per heavy atom. The monoisotopic (exact) mass is 314 g/mol. The summed E-state index contributed by atoms with van der Waals surface area (Å²) in [6, 6.07) is 10.4. The second kappa shape index (κ2) is 8.24. The maximum absolute atomic E-state index is 10.1. The van der Waals surface area contributed by atoms with Gasteiger partial charge in [0.05, 0.1) is 12.6 Å². The van der Waals surface area contributed by atoms with Crippen molar-refractivity contribution in [2.24, 2.45) is 0 Å². The molecule has 0 bridgehead atoms. The predicted octanol–water partition coefficient (Wildman–Crippen LogP) is 1.48. The average Bonchev–Trinajstić information content (AvgIpc) is 3.21. The number of hydrogen-bond donors (Lipinski definition) is 2. The molecule has 1 aliphatic rings. The summed E-state index contributed by atoms with van der Waals surface area (Å²) in [7, 11) is 0. The third kappa shape index (κ3) is 4.89. The predicted molar refractivity (Wildman–Crippen MR) is 91.2 cm³/mol. The molecule has 3 rings (SSSR count). The number of nitrogens with zero attached hydrogens (tertiary/aromatic N) is 3. The van der Waals surface area contributed by atoms with Gasteiger partial charge in [0.15, 0.2) is 0 Å². The molecule has 2 aromatic rings. The van der Waals surface area contributed by atoms with Gasteiger partial charge < -0.3 is 19.9 Å². The molecule has 5 nitrogen and oxygen atoms in total. The van der Waals surface area contributed by atoms with Crippen molar-refractivity contribution in [1.82, 2.24) is 19.8 Å². The molecule has 0 aliphatic carbocycles. The van der Waals surface area contributed by atoms with Crippen LogP contribution in [0, 0.1) is 0 Å². The fourth-order valence-corrected chi connectivity index (χ4v) is 3.11. The highest BCUT2D eigenvalue weighted by molar-refractivity contribution is 5.15. The highest BCUT2D eigenvalue weighted by Gasteiger charge is 2.15. The van der Waals surface area contributed by atoms with Gasteiger partial charge in [-0.3, -0.25) is 0 Å². The van der Waals surface area contributed by atoms with E-state index in [1.165, 1.54) is 18.4 Å². The first-order valence-electron chi connectivity index (χ1n) is 8.46. The number of hydrogen-bond acceptors (Lipinski definition) is 4. The minimum Gasteiger partial charge on any atom is -0.390 e. The lowest BCUT2D eigenvalue weighted by Gasteiger charge is -2.19. The Bertz CT molecular complexity index is 578. The molecule has 1 atom stereocenters. The molecule has 1 unspecified atom stereocenters. The summed E-state index contributed by atoms with van der Waals surface area (Å²) in [5.74, 6) is 1.00. The van der Waals surface area contributed by atoms with E-state index < -0.39 is 0 Å². The normalized spacial score (nSPS) is 16.7. The van der Waals surface area contributed by atoms with Crippen LogP contribution in [-0.2, 0) is 13.1 Å². The summed E-state index contributed by atoms with van der Waals surface area (Å²) in [6.07, 6.45) is 6.05. The number of aliphatic hydroxyl groups excluding tert-OH is 1. The van der Waals surface area contributed by atoms with Gasteiger partial charge in [-0.25, -0.2) is 4.98 Å². The summed E-state index contributed by atoms with van der Waals surface area (Å²) in [5, 5.41) is 13.4. The lowest BCUT2D eigenvalue weighted by atomic mass is 10.2. The first-order valence-corrected chi connectivity index (χ1v) is 8.46. The van der Waals surface area contributed by atoms with Crippen LogP contribution in [0.1, 0.15) is 24.2 Å². The first kappa shape index (κ1) is 16.2. The van der Waals surface area contributed by atoms with Crippen LogP contribution >= 0.6 is 0 Å². The topological polar surface area (TPSA) is 53.3 Å². The molecule has 0 radical (unpaired) electrons. The van der Waals surface area contributed by atoms with E-state index >= 15 is 0 Å². The third-order valence-electron chi connectivity index (χ3n) is 4.33. The second-order valence-electron chi connectivity index (χ2n) is 6.25. The Morgan fingerprint density at radius 1 is 1.17 bits per heavy atom. The number of nitrogens with one attached hydrogen (secondary N) is 1. The van der Waals surface area contributed by atoms with Gasteiger partial charge in [-0.1, -0.05) is 30.3 Å². The van der Waals surface area contributed by atoms with E-state index in [9.17, 15) is 5.11 Å². The minimum absolute atomic E-state index is 0.314. The molecule has 1 aliphatic heterocycles. The smallest absolute Gasteiger partial charge is 0.122 e. The number of rotatable bonds is 8. The molecule has 124 valence electrons. The average molecular weight is 314 g/mol. The van der Waals surface area contributed by atoms with Crippen molar-refractivity contribution in [1.29, 1.82) is 0 Å². The maximum Gasteiger partial charge on any atom is 0.122 e. The fraction of sp³-hybridized carbons (Fsp3) is 0.500. The van der Waals surface area contributed by atoms with Crippen molar-refractivity contribution in [3.05, 3.63) is 54.1 Å². The van der Waals surface area contributed by atoms with E-state index in [2.05, 4.69) is 44.0 Å². The number of likely N-dealkylation sites (tertiary alicyclic amines) is 1. The molecule has 0 amide bonds. The molecule has 23 heavy (non-hydrogen) atoms. The first-order chi connectivity index (χ1) is 11.3. The van der Waals surface area contributed by atoms with Gasteiger partial charge >= 0.3 is 0 Å². The quantitative estimate of drug-likeness (QED) is 0.775. The molecule has 5 heteroatoms. The molecule has 2 heterocycles. The number of aromatic nitrogens is 2. The van der Waals surface area contributed by atoms with Crippen LogP contribution in [0.5, 0.6) is 0 Å². The van der Waals surface area contributed by atoms with Crippen molar-refractivity contribution >= 4 is 0 Å². The highest BCUT2D eigenvalue weighted by atomic mass is 16.3. The van der Waals surface area contributed by atoms with Crippen LogP contribution in [0.2, 0.25) is 0 Å². The summed E-state index contributed by atoms with van der Waals surface area (Å²) >= 11 is 0. The largest absolute Gasteiger partial charge is 0.390 e. The Hall–Kier alpha value is -1.69. The molecule has 0 saturated carbocycles. The Morgan fingerprint density at radius 3 is 2.74 bits per heavy atom. The molecule has 1 aromatic heterocycles. The van der Waals surface area contributed by atoms with Gasteiger partial charge in [0, 0.05) is 32.0 Å². The highest BCUT2D eigenvalue weighted by Crippen LogP contribution is 2.08. The molecule has 1 aromatic carbocycles. The van der Waals surface area contributed by atoms with E-state index in [1.54, 1.807) is 0 Å².